The number of aromatic nitrogens is 4. The molecule has 9 nitrogen and oxygen atoms in total. The molecule has 0 aliphatic rings. The minimum absolute atomic E-state index is 0.211. The van der Waals surface area contributed by atoms with Crippen LogP contribution in [0.5, 0.6) is 0 Å². The lowest BCUT2D eigenvalue weighted by Crippen LogP contribution is -2.24. The zero-order valence-electron chi connectivity index (χ0n) is 17.3. The zero-order chi connectivity index (χ0) is 22.8. The van der Waals surface area contributed by atoms with Crippen molar-refractivity contribution in [2.24, 2.45) is 0 Å². The third-order valence-corrected chi connectivity index (χ3v) is 6.46. The highest BCUT2D eigenvalue weighted by molar-refractivity contribution is 7.98. The van der Waals surface area contributed by atoms with Gasteiger partial charge in [0, 0.05) is 5.38 Å². The Labute approximate surface area is 195 Å². The summed E-state index contributed by atoms with van der Waals surface area (Å²) in [4.78, 5) is 34.3. The van der Waals surface area contributed by atoms with Gasteiger partial charge in [-0.1, -0.05) is 16.9 Å². The number of furan rings is 1. The molecule has 0 N–H and O–H groups in total. The Morgan fingerprint density at radius 3 is 2.91 bits per heavy atom. The first-order valence-corrected chi connectivity index (χ1v) is 11.7. The van der Waals surface area contributed by atoms with Crippen molar-refractivity contribution < 1.29 is 18.5 Å². The Morgan fingerprint density at radius 1 is 1.24 bits per heavy atom. The fourth-order valence-corrected chi connectivity index (χ4v) is 4.67. The predicted octanol–water partition coefficient (Wildman–Crippen LogP) is 4.23. The summed E-state index contributed by atoms with van der Waals surface area (Å²) in [6.07, 6.45) is 1.55. The average Bonchev–Trinajstić information content (AvgIpc) is 3.61. The molecule has 5 aromatic rings. The van der Waals surface area contributed by atoms with Gasteiger partial charge in [0.2, 0.25) is 0 Å². The van der Waals surface area contributed by atoms with Crippen LogP contribution in [-0.2, 0) is 17.0 Å². The van der Waals surface area contributed by atoms with E-state index in [2.05, 4.69) is 15.1 Å². The summed E-state index contributed by atoms with van der Waals surface area (Å²) in [6.45, 7) is 0.211. The highest BCUT2D eigenvalue weighted by Crippen LogP contribution is 2.25. The number of methoxy groups -OCH3 is 1. The maximum atomic E-state index is 13.3. The maximum Gasteiger partial charge on any atom is 0.337 e. The van der Waals surface area contributed by atoms with Gasteiger partial charge in [-0.3, -0.25) is 9.36 Å². The molecule has 0 saturated heterocycles. The number of ether oxygens (including phenoxy) is 1. The molecule has 0 spiro atoms. The second-order valence-corrected chi connectivity index (χ2v) is 8.63. The lowest BCUT2D eigenvalue weighted by Gasteiger charge is -2.12. The van der Waals surface area contributed by atoms with Crippen LogP contribution in [0.15, 0.2) is 72.3 Å². The molecule has 166 valence electrons. The monoisotopic (exact) mass is 480 g/mol. The number of hydrogen-bond donors (Lipinski definition) is 0. The summed E-state index contributed by atoms with van der Waals surface area (Å²) < 4.78 is 17.1. The second kappa shape index (κ2) is 9.04. The van der Waals surface area contributed by atoms with Gasteiger partial charge in [0.1, 0.15) is 5.76 Å². The molecule has 0 aliphatic heterocycles. The van der Waals surface area contributed by atoms with Crippen LogP contribution < -0.4 is 5.56 Å². The van der Waals surface area contributed by atoms with Crippen molar-refractivity contribution >= 4 is 40.0 Å². The van der Waals surface area contributed by atoms with Crippen molar-refractivity contribution in [3.63, 3.8) is 0 Å². The molecule has 0 bridgehead atoms. The van der Waals surface area contributed by atoms with E-state index in [1.165, 1.54) is 23.4 Å². The third-order valence-electron chi connectivity index (χ3n) is 4.80. The van der Waals surface area contributed by atoms with Crippen LogP contribution in [0.25, 0.3) is 22.4 Å². The standard InChI is InChI=1S/C22H16N4O5S2/c1-29-21(28)13-4-5-16-17(9-13)23-22(26(20(16)27)10-15-3-2-7-30-15)33-12-18-24-19(31-25-18)14-6-8-32-11-14/h2-9,11H,10,12H2,1H3. The van der Waals surface area contributed by atoms with Crippen molar-refractivity contribution in [1.82, 2.24) is 19.7 Å². The van der Waals surface area contributed by atoms with Gasteiger partial charge in [0.05, 0.1) is 47.7 Å². The zero-order valence-corrected chi connectivity index (χ0v) is 18.9. The van der Waals surface area contributed by atoms with E-state index in [0.717, 1.165) is 5.56 Å². The van der Waals surface area contributed by atoms with E-state index in [4.69, 9.17) is 13.7 Å². The lowest BCUT2D eigenvalue weighted by molar-refractivity contribution is 0.0601. The van der Waals surface area contributed by atoms with Crippen molar-refractivity contribution in [1.29, 1.82) is 0 Å². The first kappa shape index (κ1) is 21.2. The topological polar surface area (TPSA) is 113 Å². The second-order valence-electron chi connectivity index (χ2n) is 6.91. The number of fused-ring (bicyclic) bond motifs is 1. The number of rotatable bonds is 7. The lowest BCUT2D eigenvalue weighted by atomic mass is 10.1. The normalized spacial score (nSPS) is 11.2. The van der Waals surface area contributed by atoms with Crippen molar-refractivity contribution in [3.05, 3.63) is 80.9 Å². The molecule has 5 rings (SSSR count). The highest BCUT2D eigenvalue weighted by atomic mass is 32.2. The van der Waals surface area contributed by atoms with Gasteiger partial charge >= 0.3 is 5.97 Å². The summed E-state index contributed by atoms with van der Waals surface area (Å²) in [7, 11) is 1.30. The quantitative estimate of drug-likeness (QED) is 0.192. The number of thioether (sulfide) groups is 1. The number of thiophene rings is 1. The molecule has 33 heavy (non-hydrogen) atoms. The summed E-state index contributed by atoms with van der Waals surface area (Å²) in [5.74, 6) is 1.36. The van der Waals surface area contributed by atoms with Gasteiger partial charge in [-0.25, -0.2) is 9.78 Å². The van der Waals surface area contributed by atoms with Gasteiger partial charge in [-0.15, -0.1) is 0 Å². The van der Waals surface area contributed by atoms with Gasteiger partial charge in [0.25, 0.3) is 11.4 Å². The van der Waals surface area contributed by atoms with Crippen LogP contribution in [0, 0.1) is 0 Å². The molecule has 0 saturated carbocycles. The van der Waals surface area contributed by atoms with E-state index in [-0.39, 0.29) is 12.1 Å². The van der Waals surface area contributed by atoms with E-state index in [9.17, 15) is 9.59 Å². The van der Waals surface area contributed by atoms with E-state index >= 15 is 0 Å². The summed E-state index contributed by atoms with van der Waals surface area (Å²) in [5.41, 5.74) is 1.32. The largest absolute Gasteiger partial charge is 0.467 e. The van der Waals surface area contributed by atoms with Crippen LogP contribution in [0.1, 0.15) is 21.9 Å². The van der Waals surface area contributed by atoms with Crippen molar-refractivity contribution in [2.45, 2.75) is 17.5 Å². The molecule has 4 aromatic heterocycles. The molecule has 0 aliphatic carbocycles. The smallest absolute Gasteiger partial charge is 0.337 e. The first-order chi connectivity index (χ1) is 16.1. The van der Waals surface area contributed by atoms with Crippen molar-refractivity contribution in [2.75, 3.05) is 7.11 Å². The van der Waals surface area contributed by atoms with Crippen LogP contribution in [0.4, 0.5) is 0 Å². The number of esters is 1. The first-order valence-electron chi connectivity index (χ1n) is 9.75. The molecule has 4 heterocycles. The Hall–Kier alpha value is -3.70. The van der Waals surface area contributed by atoms with Gasteiger partial charge in [-0.2, -0.15) is 16.3 Å². The molecular weight excluding hydrogens is 464 g/mol. The minimum atomic E-state index is -0.500. The third kappa shape index (κ3) is 4.32. The molecule has 11 heteroatoms. The molecule has 0 atom stereocenters. The van der Waals surface area contributed by atoms with E-state index in [0.29, 0.717) is 44.9 Å². The SMILES string of the molecule is COC(=O)c1ccc2c(=O)n(Cc3ccco3)c(SCc3noc(-c4ccsc4)n3)nc2c1. The molecule has 0 fully saturated rings. The summed E-state index contributed by atoms with van der Waals surface area (Å²) >= 11 is 2.84. The highest BCUT2D eigenvalue weighted by Gasteiger charge is 2.17. The maximum absolute atomic E-state index is 13.3. The van der Waals surface area contributed by atoms with Crippen molar-refractivity contribution in [3.8, 4) is 11.5 Å². The number of carbonyl (C=O) groups excluding carboxylic acids is 1. The average molecular weight is 481 g/mol. The van der Waals surface area contributed by atoms with E-state index < -0.39 is 5.97 Å². The molecule has 0 radical (unpaired) electrons. The Kier molecular flexibility index (Phi) is 5.80. The molecular formula is C22H16N4O5S2. The number of carbonyl (C=O) groups is 1. The van der Waals surface area contributed by atoms with Gasteiger partial charge in [-0.05, 0) is 41.8 Å². The number of nitrogens with zero attached hydrogens (tertiary/aromatic N) is 4. The molecule has 1 aromatic carbocycles. The molecule has 0 amide bonds. The van der Waals surface area contributed by atoms with E-state index in [1.54, 1.807) is 47.9 Å². The predicted molar refractivity (Wildman–Crippen MR) is 122 cm³/mol. The fourth-order valence-electron chi connectivity index (χ4n) is 3.20. The summed E-state index contributed by atoms with van der Waals surface area (Å²) in [5, 5.41) is 8.71. The Bertz CT molecular complexity index is 1470. The van der Waals surface area contributed by atoms with Crippen LogP contribution in [-0.4, -0.2) is 32.8 Å². The minimum Gasteiger partial charge on any atom is -0.467 e. The van der Waals surface area contributed by atoms with Gasteiger partial charge < -0.3 is 13.7 Å². The fraction of sp³-hybridized carbons (Fsp3) is 0.136. The van der Waals surface area contributed by atoms with Gasteiger partial charge in [0.15, 0.2) is 11.0 Å². The Morgan fingerprint density at radius 2 is 2.15 bits per heavy atom. The van der Waals surface area contributed by atoms with Crippen LogP contribution >= 0.6 is 23.1 Å². The van der Waals surface area contributed by atoms with Crippen LogP contribution in [0.3, 0.4) is 0 Å². The van der Waals surface area contributed by atoms with Crippen LogP contribution in [0.2, 0.25) is 0 Å². The Balaban J connectivity index is 1.51. The summed E-state index contributed by atoms with van der Waals surface area (Å²) in [6, 6.07) is 10.1. The number of benzene rings is 1. The molecule has 0 unspecified atom stereocenters. The number of hydrogen-bond acceptors (Lipinski definition) is 10. The van der Waals surface area contributed by atoms with E-state index in [1.807, 2.05) is 16.8 Å².